The summed E-state index contributed by atoms with van der Waals surface area (Å²) in [6.45, 7) is 2.66. The van der Waals surface area contributed by atoms with Gasteiger partial charge in [0, 0.05) is 19.6 Å². The Labute approximate surface area is 254 Å². The first-order valence-corrected chi connectivity index (χ1v) is 14.2. The number of anilines is 2. The van der Waals surface area contributed by atoms with E-state index in [1.54, 1.807) is 25.1 Å². The van der Waals surface area contributed by atoms with E-state index in [0.29, 0.717) is 50.4 Å². The van der Waals surface area contributed by atoms with Gasteiger partial charge >= 0.3 is 18.3 Å². The SMILES string of the molecule is CCOC(=O)C1CCN(c2cnc(N(Cc3cc(C(F)(F)F)cc(C(F)(F)F)c3)C(=O)C3=Cc4ccccc4CN3)nc2)CC1. The minimum Gasteiger partial charge on any atom is -0.466 e. The average Bonchev–Trinajstić information content (AvgIpc) is 3.02. The monoisotopic (exact) mass is 633 g/mol. The molecule has 1 N–H and O–H groups in total. The highest BCUT2D eigenvalue weighted by Gasteiger charge is 2.37. The molecule has 0 saturated carbocycles. The van der Waals surface area contributed by atoms with Crippen molar-refractivity contribution in [3.63, 3.8) is 0 Å². The van der Waals surface area contributed by atoms with Crippen molar-refractivity contribution in [3.05, 3.63) is 88.4 Å². The number of rotatable bonds is 7. The molecule has 1 amide bonds. The van der Waals surface area contributed by atoms with Gasteiger partial charge in [-0.1, -0.05) is 24.3 Å². The Morgan fingerprint density at radius 1 is 0.978 bits per heavy atom. The van der Waals surface area contributed by atoms with Crippen molar-refractivity contribution in [1.29, 1.82) is 0 Å². The highest BCUT2D eigenvalue weighted by molar-refractivity contribution is 6.07. The first kappa shape index (κ1) is 31.8. The standard InChI is InChI=1S/C31H29F6N5O3/c1-2-45-28(44)20-7-9-41(10-8-20)25-16-39-29(40-17-25)42(27(43)26-13-21-5-3-4-6-22(21)15-38-26)18-19-11-23(30(32,33)34)14-24(12-19)31(35,36)37/h3-6,11-14,16-17,20,38H,2,7-10,15,18H2,1H3. The summed E-state index contributed by atoms with van der Waals surface area (Å²) in [4.78, 5) is 37.4. The number of ether oxygens (including phenoxy) is 1. The number of nitrogens with one attached hydrogen (secondary N) is 1. The molecule has 0 atom stereocenters. The Balaban J connectivity index is 1.46. The predicted molar refractivity (Wildman–Crippen MR) is 152 cm³/mol. The van der Waals surface area contributed by atoms with Crippen LogP contribution in [0.1, 0.15) is 47.6 Å². The van der Waals surface area contributed by atoms with Crippen LogP contribution in [0.2, 0.25) is 0 Å². The Bertz CT molecular complexity index is 1550. The normalized spacial score (nSPS) is 15.5. The number of esters is 1. The van der Waals surface area contributed by atoms with Gasteiger partial charge in [-0.2, -0.15) is 26.3 Å². The smallest absolute Gasteiger partial charge is 0.416 e. The van der Waals surface area contributed by atoms with Gasteiger partial charge in [0.15, 0.2) is 0 Å². The van der Waals surface area contributed by atoms with Crippen LogP contribution >= 0.6 is 0 Å². The van der Waals surface area contributed by atoms with Crippen molar-refractivity contribution in [2.45, 2.75) is 45.2 Å². The Morgan fingerprint density at radius 3 is 2.20 bits per heavy atom. The zero-order chi connectivity index (χ0) is 32.4. The van der Waals surface area contributed by atoms with Crippen LogP contribution in [0, 0.1) is 5.92 Å². The molecule has 0 aliphatic carbocycles. The average molecular weight is 634 g/mol. The molecule has 45 heavy (non-hydrogen) atoms. The van der Waals surface area contributed by atoms with Gasteiger partial charge < -0.3 is 15.0 Å². The topological polar surface area (TPSA) is 87.7 Å². The number of alkyl halides is 6. The van der Waals surface area contributed by atoms with Crippen LogP contribution in [0.3, 0.4) is 0 Å². The van der Waals surface area contributed by atoms with E-state index < -0.39 is 41.5 Å². The lowest BCUT2D eigenvalue weighted by molar-refractivity contribution is -0.148. The number of benzene rings is 2. The van der Waals surface area contributed by atoms with Gasteiger partial charge in [0.1, 0.15) is 5.70 Å². The van der Waals surface area contributed by atoms with E-state index in [1.165, 1.54) is 12.4 Å². The fourth-order valence-electron chi connectivity index (χ4n) is 5.29. The highest BCUT2D eigenvalue weighted by atomic mass is 19.4. The number of carbonyl (C=O) groups excluding carboxylic acids is 2. The molecule has 1 saturated heterocycles. The summed E-state index contributed by atoms with van der Waals surface area (Å²) in [7, 11) is 0. The molecule has 2 aliphatic heterocycles. The molecule has 2 aliphatic rings. The van der Waals surface area contributed by atoms with E-state index in [9.17, 15) is 35.9 Å². The Morgan fingerprint density at radius 2 is 1.60 bits per heavy atom. The van der Waals surface area contributed by atoms with Crippen LogP contribution in [0.25, 0.3) is 6.08 Å². The van der Waals surface area contributed by atoms with Crippen molar-refractivity contribution >= 4 is 29.6 Å². The van der Waals surface area contributed by atoms with Gasteiger partial charge in [-0.15, -0.1) is 0 Å². The van der Waals surface area contributed by atoms with Crippen LogP contribution < -0.4 is 15.1 Å². The molecule has 0 spiro atoms. The summed E-state index contributed by atoms with van der Waals surface area (Å²) in [5.74, 6) is -1.43. The fraction of sp³-hybridized carbons (Fsp3) is 0.355. The van der Waals surface area contributed by atoms with E-state index in [0.717, 1.165) is 16.0 Å². The molecular weight excluding hydrogens is 604 g/mol. The van der Waals surface area contributed by atoms with Crippen molar-refractivity contribution in [1.82, 2.24) is 15.3 Å². The first-order chi connectivity index (χ1) is 21.3. The van der Waals surface area contributed by atoms with Crippen molar-refractivity contribution in [3.8, 4) is 0 Å². The maximum Gasteiger partial charge on any atom is 0.416 e. The number of amides is 1. The number of hydrogen-bond donors (Lipinski definition) is 1. The largest absolute Gasteiger partial charge is 0.466 e. The molecule has 0 radical (unpaired) electrons. The van der Waals surface area contributed by atoms with Crippen molar-refractivity contribution in [2.75, 3.05) is 29.5 Å². The van der Waals surface area contributed by atoms with Crippen LogP contribution in [0.15, 0.2) is 60.6 Å². The lowest BCUT2D eigenvalue weighted by Gasteiger charge is -2.32. The molecule has 14 heteroatoms. The number of halogens is 6. The van der Waals surface area contributed by atoms with Gasteiger partial charge in [0.05, 0.1) is 48.3 Å². The number of hydrogen-bond acceptors (Lipinski definition) is 7. The molecule has 0 bridgehead atoms. The summed E-state index contributed by atoms with van der Waals surface area (Å²) < 4.78 is 86.7. The van der Waals surface area contributed by atoms with Gasteiger partial charge in [-0.25, -0.2) is 9.97 Å². The molecular formula is C31H29F6N5O3. The molecule has 3 heterocycles. The molecule has 1 aromatic heterocycles. The third-order valence-corrected chi connectivity index (χ3v) is 7.63. The zero-order valence-electron chi connectivity index (χ0n) is 24.1. The lowest BCUT2D eigenvalue weighted by atomic mass is 9.97. The summed E-state index contributed by atoms with van der Waals surface area (Å²) in [5.41, 5.74) is -1.10. The second-order valence-electron chi connectivity index (χ2n) is 10.7. The molecule has 8 nitrogen and oxygen atoms in total. The van der Waals surface area contributed by atoms with Crippen LogP contribution in [0.5, 0.6) is 0 Å². The second-order valence-corrected chi connectivity index (χ2v) is 10.7. The quantitative estimate of drug-likeness (QED) is 0.254. The third kappa shape index (κ3) is 7.37. The second kappa shape index (κ2) is 12.8. The van der Waals surface area contributed by atoms with E-state index in [-0.39, 0.29) is 36.1 Å². The fourth-order valence-corrected chi connectivity index (χ4v) is 5.29. The van der Waals surface area contributed by atoms with Gasteiger partial charge in [0.2, 0.25) is 5.95 Å². The number of fused-ring (bicyclic) bond motifs is 1. The molecule has 5 rings (SSSR count). The summed E-state index contributed by atoms with van der Waals surface area (Å²) in [6.07, 6.45) is -4.60. The lowest BCUT2D eigenvalue weighted by Crippen LogP contribution is -2.39. The van der Waals surface area contributed by atoms with Crippen LogP contribution in [-0.2, 0) is 39.8 Å². The predicted octanol–water partition coefficient (Wildman–Crippen LogP) is 5.97. The molecule has 3 aromatic rings. The van der Waals surface area contributed by atoms with Crippen LogP contribution in [0.4, 0.5) is 38.0 Å². The maximum absolute atomic E-state index is 13.8. The summed E-state index contributed by atoms with van der Waals surface area (Å²) in [5, 5.41) is 2.98. The number of piperidine rings is 1. The molecule has 0 unspecified atom stereocenters. The summed E-state index contributed by atoms with van der Waals surface area (Å²) >= 11 is 0. The minimum absolute atomic E-state index is 0.0359. The Kier molecular flexibility index (Phi) is 9.03. The van der Waals surface area contributed by atoms with E-state index in [1.807, 2.05) is 17.0 Å². The molecule has 2 aromatic carbocycles. The highest BCUT2D eigenvalue weighted by Crippen LogP contribution is 2.37. The van der Waals surface area contributed by atoms with Gasteiger partial charge in [0.25, 0.3) is 5.91 Å². The van der Waals surface area contributed by atoms with E-state index >= 15 is 0 Å². The van der Waals surface area contributed by atoms with Crippen molar-refractivity contribution in [2.24, 2.45) is 5.92 Å². The number of nitrogens with zero attached hydrogens (tertiary/aromatic N) is 4. The van der Waals surface area contributed by atoms with E-state index in [4.69, 9.17) is 4.74 Å². The third-order valence-electron chi connectivity index (χ3n) is 7.63. The first-order valence-electron chi connectivity index (χ1n) is 14.2. The van der Waals surface area contributed by atoms with Gasteiger partial charge in [-0.05, 0) is 60.7 Å². The van der Waals surface area contributed by atoms with Crippen molar-refractivity contribution < 1.29 is 40.7 Å². The van der Waals surface area contributed by atoms with Crippen LogP contribution in [-0.4, -0.2) is 41.5 Å². The number of aromatic nitrogens is 2. The summed E-state index contributed by atoms with van der Waals surface area (Å²) in [6, 6.07) is 8.44. The minimum atomic E-state index is -5.05. The molecule has 238 valence electrons. The zero-order valence-corrected chi connectivity index (χ0v) is 24.1. The molecule has 1 fully saturated rings. The number of carbonyl (C=O) groups is 2. The maximum atomic E-state index is 13.8. The Hall–Kier alpha value is -4.62. The van der Waals surface area contributed by atoms with E-state index in [2.05, 4.69) is 15.3 Å². The van der Waals surface area contributed by atoms with Gasteiger partial charge in [-0.3, -0.25) is 14.5 Å².